The first-order valence-corrected chi connectivity index (χ1v) is 8.42. The van der Waals surface area contributed by atoms with Crippen LogP contribution in [-0.2, 0) is 17.3 Å². The van der Waals surface area contributed by atoms with Crippen LogP contribution in [0.4, 0.5) is 18.0 Å². The Kier molecular flexibility index (Phi) is 5.98. The van der Waals surface area contributed by atoms with Gasteiger partial charge >= 0.3 is 12.3 Å². The number of carbonyl (C=O) groups is 1. The van der Waals surface area contributed by atoms with E-state index in [1.54, 1.807) is 4.90 Å². The largest absolute Gasteiger partial charge is 0.444 e. The van der Waals surface area contributed by atoms with Gasteiger partial charge < -0.3 is 15.0 Å². The number of aryl methyl sites for hydroxylation is 1. The van der Waals surface area contributed by atoms with Crippen LogP contribution in [0.2, 0.25) is 0 Å². The van der Waals surface area contributed by atoms with Gasteiger partial charge in [0.1, 0.15) is 5.60 Å². The summed E-state index contributed by atoms with van der Waals surface area (Å²) in [6.07, 6.45) is -3.24. The van der Waals surface area contributed by atoms with Gasteiger partial charge in [0.25, 0.3) is 0 Å². The summed E-state index contributed by atoms with van der Waals surface area (Å²) >= 11 is 0. The summed E-state index contributed by atoms with van der Waals surface area (Å²) in [7, 11) is 0. The Morgan fingerprint density at radius 1 is 1.24 bits per heavy atom. The fraction of sp³-hybridized carbons (Fsp3) is 0.611. The van der Waals surface area contributed by atoms with Crippen molar-refractivity contribution in [2.24, 2.45) is 0 Å². The average Bonchev–Trinajstić information content (AvgIpc) is 2.51. The zero-order chi connectivity index (χ0) is 18.7. The molecular weight excluding hydrogens is 333 g/mol. The molecule has 7 heteroatoms. The zero-order valence-corrected chi connectivity index (χ0v) is 14.8. The van der Waals surface area contributed by atoms with Crippen LogP contribution in [0.5, 0.6) is 0 Å². The van der Waals surface area contributed by atoms with Crippen molar-refractivity contribution in [3.8, 4) is 0 Å². The van der Waals surface area contributed by atoms with E-state index in [-0.39, 0.29) is 12.1 Å². The van der Waals surface area contributed by atoms with Crippen molar-refractivity contribution in [2.75, 3.05) is 19.6 Å². The first-order chi connectivity index (χ1) is 11.5. The molecule has 1 atom stereocenters. The van der Waals surface area contributed by atoms with Gasteiger partial charge in [-0.15, -0.1) is 0 Å². The van der Waals surface area contributed by atoms with E-state index in [1.807, 2.05) is 20.8 Å². The van der Waals surface area contributed by atoms with Gasteiger partial charge in [0.2, 0.25) is 0 Å². The number of piperazine rings is 1. The molecule has 1 aromatic carbocycles. The molecule has 1 unspecified atom stereocenters. The van der Waals surface area contributed by atoms with Gasteiger partial charge in [-0.25, -0.2) is 4.79 Å². The Bertz CT molecular complexity index is 579. The topological polar surface area (TPSA) is 41.6 Å². The lowest BCUT2D eigenvalue weighted by Crippen LogP contribution is -2.53. The second-order valence-electron chi connectivity index (χ2n) is 7.31. The third-order valence-corrected chi connectivity index (χ3v) is 3.97. The number of benzene rings is 1. The summed E-state index contributed by atoms with van der Waals surface area (Å²) in [5.74, 6) is 0. The van der Waals surface area contributed by atoms with E-state index >= 15 is 0 Å². The highest BCUT2D eigenvalue weighted by molar-refractivity contribution is 5.68. The highest BCUT2D eigenvalue weighted by Gasteiger charge is 2.30. The Balaban J connectivity index is 1.85. The first-order valence-electron chi connectivity index (χ1n) is 8.42. The fourth-order valence-corrected chi connectivity index (χ4v) is 2.71. The van der Waals surface area contributed by atoms with Crippen molar-refractivity contribution in [3.63, 3.8) is 0 Å². The lowest BCUT2D eigenvalue weighted by Gasteiger charge is -2.35. The Morgan fingerprint density at radius 2 is 1.88 bits per heavy atom. The lowest BCUT2D eigenvalue weighted by molar-refractivity contribution is -0.137. The van der Waals surface area contributed by atoms with Gasteiger partial charge in [0, 0.05) is 25.7 Å². The van der Waals surface area contributed by atoms with Crippen LogP contribution in [0.15, 0.2) is 24.3 Å². The fourth-order valence-electron chi connectivity index (χ4n) is 2.71. The second kappa shape index (κ2) is 7.64. The van der Waals surface area contributed by atoms with E-state index in [0.717, 1.165) is 24.1 Å². The minimum Gasteiger partial charge on any atom is -0.444 e. The van der Waals surface area contributed by atoms with E-state index < -0.39 is 17.3 Å². The smallest absolute Gasteiger partial charge is 0.416 e. The molecule has 0 aromatic heterocycles. The van der Waals surface area contributed by atoms with Crippen molar-refractivity contribution in [1.29, 1.82) is 0 Å². The van der Waals surface area contributed by atoms with Gasteiger partial charge in [0.15, 0.2) is 0 Å². The Morgan fingerprint density at radius 3 is 2.44 bits per heavy atom. The molecule has 0 radical (unpaired) electrons. The van der Waals surface area contributed by atoms with Gasteiger partial charge in [0.05, 0.1) is 5.56 Å². The van der Waals surface area contributed by atoms with Crippen LogP contribution in [0.25, 0.3) is 0 Å². The zero-order valence-electron chi connectivity index (χ0n) is 14.8. The molecule has 25 heavy (non-hydrogen) atoms. The molecule has 0 spiro atoms. The predicted molar refractivity (Wildman–Crippen MR) is 89.4 cm³/mol. The molecule has 1 N–H and O–H groups in total. The third-order valence-electron chi connectivity index (χ3n) is 3.97. The molecule has 0 bridgehead atoms. The summed E-state index contributed by atoms with van der Waals surface area (Å²) in [5, 5.41) is 3.34. The van der Waals surface area contributed by atoms with Crippen molar-refractivity contribution < 1.29 is 22.7 Å². The van der Waals surface area contributed by atoms with Crippen LogP contribution in [0.3, 0.4) is 0 Å². The lowest BCUT2D eigenvalue weighted by atomic mass is 10.0. The van der Waals surface area contributed by atoms with E-state index in [1.165, 1.54) is 12.1 Å². The molecule has 4 nitrogen and oxygen atoms in total. The van der Waals surface area contributed by atoms with E-state index in [4.69, 9.17) is 4.74 Å². The molecule has 1 saturated heterocycles. The number of halogens is 3. The number of hydrogen-bond acceptors (Lipinski definition) is 3. The monoisotopic (exact) mass is 358 g/mol. The van der Waals surface area contributed by atoms with Crippen molar-refractivity contribution >= 4 is 6.09 Å². The van der Waals surface area contributed by atoms with Gasteiger partial charge in [-0.3, -0.25) is 0 Å². The van der Waals surface area contributed by atoms with E-state index in [2.05, 4.69) is 5.32 Å². The minimum atomic E-state index is -4.31. The quantitative estimate of drug-likeness (QED) is 0.892. The number of hydrogen-bond donors (Lipinski definition) is 1. The maximum Gasteiger partial charge on any atom is 0.416 e. The van der Waals surface area contributed by atoms with Gasteiger partial charge in [-0.05, 0) is 51.3 Å². The summed E-state index contributed by atoms with van der Waals surface area (Å²) in [4.78, 5) is 13.8. The summed E-state index contributed by atoms with van der Waals surface area (Å²) < 4.78 is 43.1. The maximum absolute atomic E-state index is 12.6. The molecule has 1 fully saturated rings. The first kappa shape index (κ1) is 19.6. The van der Waals surface area contributed by atoms with Crippen LogP contribution in [-0.4, -0.2) is 42.3 Å². The predicted octanol–water partition coefficient (Wildman–Crippen LogP) is 3.85. The molecule has 1 aromatic rings. The van der Waals surface area contributed by atoms with Crippen LogP contribution >= 0.6 is 0 Å². The molecule has 0 aliphatic carbocycles. The van der Waals surface area contributed by atoms with Crippen LogP contribution < -0.4 is 5.32 Å². The number of nitrogens with zero attached hydrogens (tertiary/aromatic N) is 1. The van der Waals surface area contributed by atoms with Gasteiger partial charge in [-0.1, -0.05) is 12.1 Å². The Hall–Kier alpha value is -1.76. The molecule has 0 saturated carbocycles. The molecule has 2 rings (SSSR count). The van der Waals surface area contributed by atoms with E-state index in [0.29, 0.717) is 26.1 Å². The highest BCUT2D eigenvalue weighted by atomic mass is 19.4. The normalized spacial score (nSPS) is 19.0. The number of nitrogens with one attached hydrogen (secondary N) is 1. The number of amides is 1. The molecule has 1 heterocycles. The molecular formula is C18H25F3N2O2. The SMILES string of the molecule is CC(C)(C)OC(=O)N1CCNC(CCc2ccc(C(F)(F)F)cc2)C1. The summed E-state index contributed by atoms with van der Waals surface area (Å²) in [6.45, 7) is 7.29. The minimum absolute atomic E-state index is 0.101. The van der Waals surface area contributed by atoms with Gasteiger partial charge in [-0.2, -0.15) is 13.2 Å². The third kappa shape index (κ3) is 6.23. The average molecular weight is 358 g/mol. The Labute approximate surface area is 146 Å². The summed E-state index contributed by atoms with van der Waals surface area (Å²) in [6, 6.07) is 5.34. The number of alkyl halides is 3. The molecule has 1 amide bonds. The van der Waals surface area contributed by atoms with Crippen molar-refractivity contribution in [3.05, 3.63) is 35.4 Å². The van der Waals surface area contributed by atoms with Crippen molar-refractivity contribution in [2.45, 2.75) is 51.4 Å². The standard InChI is InChI=1S/C18H25F3N2O2/c1-17(2,3)25-16(24)23-11-10-22-15(12-23)9-6-13-4-7-14(8-5-13)18(19,20)21/h4-5,7-8,15,22H,6,9-12H2,1-3H3. The number of carbonyl (C=O) groups excluding carboxylic acids is 1. The molecule has 140 valence electrons. The number of rotatable bonds is 3. The number of ether oxygens (including phenoxy) is 1. The van der Waals surface area contributed by atoms with Crippen molar-refractivity contribution in [1.82, 2.24) is 10.2 Å². The molecule has 1 aliphatic rings. The maximum atomic E-state index is 12.6. The van der Waals surface area contributed by atoms with Crippen LogP contribution in [0, 0.1) is 0 Å². The molecule has 1 aliphatic heterocycles. The van der Waals surface area contributed by atoms with Crippen LogP contribution in [0.1, 0.15) is 38.3 Å². The van der Waals surface area contributed by atoms with E-state index in [9.17, 15) is 18.0 Å². The highest BCUT2D eigenvalue weighted by Crippen LogP contribution is 2.29. The summed E-state index contributed by atoms with van der Waals surface area (Å²) in [5.41, 5.74) is -0.315. The second-order valence-corrected chi connectivity index (χ2v) is 7.31.